The van der Waals surface area contributed by atoms with E-state index in [1.807, 2.05) is 48.7 Å². The van der Waals surface area contributed by atoms with Gasteiger partial charge in [0.2, 0.25) is 5.91 Å². The van der Waals surface area contributed by atoms with E-state index in [1.165, 1.54) is 11.3 Å². The van der Waals surface area contributed by atoms with E-state index in [0.29, 0.717) is 26.1 Å². The molecule has 1 aromatic heterocycles. The maximum Gasteiger partial charge on any atom is 0.230 e. The molecular formula is C19H23NO3S. The number of aliphatic hydroxyl groups excluding tert-OH is 1. The summed E-state index contributed by atoms with van der Waals surface area (Å²) in [6.07, 6.45) is 0.662. The first-order valence-corrected chi connectivity index (χ1v) is 9.15. The Kier molecular flexibility index (Phi) is 5.33. The molecule has 1 fully saturated rings. The van der Waals surface area contributed by atoms with Crippen LogP contribution >= 0.6 is 11.3 Å². The number of aliphatic hydroxyl groups is 1. The molecular weight excluding hydrogens is 322 g/mol. The Hall–Kier alpha value is -1.69. The quantitative estimate of drug-likeness (QED) is 0.876. The zero-order chi connectivity index (χ0) is 17.0. The first kappa shape index (κ1) is 17.1. The molecule has 0 unspecified atom stereocenters. The summed E-state index contributed by atoms with van der Waals surface area (Å²) in [7, 11) is 0. The fourth-order valence-electron chi connectivity index (χ4n) is 3.30. The number of benzene rings is 1. The van der Waals surface area contributed by atoms with E-state index in [1.54, 1.807) is 0 Å². The second-order valence-electron chi connectivity index (χ2n) is 6.25. The van der Waals surface area contributed by atoms with Crippen molar-refractivity contribution in [3.63, 3.8) is 0 Å². The van der Waals surface area contributed by atoms with E-state index in [0.717, 1.165) is 16.0 Å². The van der Waals surface area contributed by atoms with E-state index in [2.05, 4.69) is 5.32 Å². The number of thiophene rings is 1. The number of aryl methyl sites for hydroxylation is 1. The van der Waals surface area contributed by atoms with Crippen molar-refractivity contribution in [3.05, 3.63) is 57.8 Å². The van der Waals surface area contributed by atoms with Crippen molar-refractivity contribution < 1.29 is 14.6 Å². The molecule has 2 N–H and O–H groups in total. The van der Waals surface area contributed by atoms with E-state index in [9.17, 15) is 9.90 Å². The van der Waals surface area contributed by atoms with Crippen LogP contribution in [0, 0.1) is 6.92 Å². The molecule has 1 aliphatic rings. The maximum absolute atomic E-state index is 13.0. The van der Waals surface area contributed by atoms with Crippen molar-refractivity contribution in [2.75, 3.05) is 19.8 Å². The predicted octanol–water partition coefficient (Wildman–Crippen LogP) is 2.95. The van der Waals surface area contributed by atoms with Crippen LogP contribution in [-0.4, -0.2) is 30.8 Å². The minimum Gasteiger partial charge on any atom is -0.386 e. The van der Waals surface area contributed by atoms with Crippen molar-refractivity contribution >= 4 is 17.2 Å². The van der Waals surface area contributed by atoms with E-state index < -0.39 is 11.5 Å². The van der Waals surface area contributed by atoms with Crippen LogP contribution < -0.4 is 5.32 Å². The first-order valence-electron chi connectivity index (χ1n) is 8.27. The minimum absolute atomic E-state index is 0.0229. The topological polar surface area (TPSA) is 58.6 Å². The highest BCUT2D eigenvalue weighted by Crippen LogP contribution is 2.35. The van der Waals surface area contributed by atoms with Crippen LogP contribution in [-0.2, 0) is 14.9 Å². The number of hydrogen-bond donors (Lipinski definition) is 2. The molecule has 2 aromatic rings. The summed E-state index contributed by atoms with van der Waals surface area (Å²) in [6, 6.07) is 11.9. The number of ether oxygens (including phenoxy) is 1. The van der Waals surface area contributed by atoms with E-state index in [-0.39, 0.29) is 12.5 Å². The molecule has 4 nitrogen and oxygen atoms in total. The van der Waals surface area contributed by atoms with Crippen LogP contribution in [0.5, 0.6) is 0 Å². The lowest BCUT2D eigenvalue weighted by atomic mass is 9.73. The highest BCUT2D eigenvalue weighted by atomic mass is 32.1. The summed E-state index contributed by atoms with van der Waals surface area (Å²) in [5.74, 6) is -0.0229. The van der Waals surface area contributed by atoms with E-state index in [4.69, 9.17) is 4.74 Å². The molecule has 1 amide bonds. The van der Waals surface area contributed by atoms with Gasteiger partial charge in [0, 0.05) is 24.6 Å². The van der Waals surface area contributed by atoms with E-state index >= 15 is 0 Å². The molecule has 3 rings (SSSR count). The van der Waals surface area contributed by atoms with Crippen LogP contribution in [0.2, 0.25) is 0 Å². The smallest absolute Gasteiger partial charge is 0.230 e. The Labute approximate surface area is 146 Å². The normalized spacial score (nSPS) is 18.1. The molecule has 0 spiro atoms. The number of hydrogen-bond acceptors (Lipinski definition) is 4. The van der Waals surface area contributed by atoms with Gasteiger partial charge in [-0.25, -0.2) is 0 Å². The zero-order valence-corrected chi connectivity index (χ0v) is 14.6. The van der Waals surface area contributed by atoms with Gasteiger partial charge in [0.1, 0.15) is 6.10 Å². The van der Waals surface area contributed by atoms with Gasteiger partial charge < -0.3 is 15.2 Å². The molecule has 2 heterocycles. The van der Waals surface area contributed by atoms with Crippen LogP contribution in [0.3, 0.4) is 0 Å². The van der Waals surface area contributed by atoms with Crippen molar-refractivity contribution in [2.24, 2.45) is 0 Å². The van der Waals surface area contributed by atoms with Crippen LogP contribution in [0.4, 0.5) is 0 Å². The van der Waals surface area contributed by atoms with Crippen molar-refractivity contribution in [1.29, 1.82) is 0 Å². The van der Waals surface area contributed by atoms with Gasteiger partial charge in [-0.15, -0.1) is 11.3 Å². The SMILES string of the molecule is Cc1ccsc1[C@@H](O)CNC(=O)C1(c2ccccc2)CCOCC1. The largest absolute Gasteiger partial charge is 0.386 e. The molecule has 0 saturated carbocycles. The molecule has 1 aromatic carbocycles. The number of amides is 1. The van der Waals surface area contributed by atoms with Gasteiger partial charge in [-0.1, -0.05) is 30.3 Å². The first-order chi connectivity index (χ1) is 11.6. The van der Waals surface area contributed by atoms with Gasteiger partial charge in [-0.2, -0.15) is 0 Å². The molecule has 0 bridgehead atoms. The van der Waals surface area contributed by atoms with Crippen LogP contribution in [0.1, 0.15) is 34.9 Å². The lowest BCUT2D eigenvalue weighted by Crippen LogP contribution is -2.48. The molecule has 128 valence electrons. The zero-order valence-electron chi connectivity index (χ0n) is 13.8. The van der Waals surface area contributed by atoms with Crippen molar-refractivity contribution in [3.8, 4) is 0 Å². The molecule has 1 saturated heterocycles. The van der Waals surface area contributed by atoms with Gasteiger partial charge in [0.15, 0.2) is 0 Å². The monoisotopic (exact) mass is 345 g/mol. The molecule has 0 aliphatic carbocycles. The second-order valence-corrected chi connectivity index (χ2v) is 7.20. The lowest BCUT2D eigenvalue weighted by molar-refractivity contribution is -0.131. The van der Waals surface area contributed by atoms with Crippen molar-refractivity contribution in [1.82, 2.24) is 5.32 Å². The fraction of sp³-hybridized carbons (Fsp3) is 0.421. The Balaban J connectivity index is 1.74. The molecule has 24 heavy (non-hydrogen) atoms. The molecule has 1 atom stereocenters. The fourth-order valence-corrected chi connectivity index (χ4v) is 4.21. The molecule has 5 heteroatoms. The van der Waals surface area contributed by atoms with Gasteiger partial charge in [0.25, 0.3) is 0 Å². The number of nitrogens with one attached hydrogen (secondary N) is 1. The third-order valence-corrected chi connectivity index (χ3v) is 5.89. The predicted molar refractivity (Wildman–Crippen MR) is 95.2 cm³/mol. The number of carbonyl (C=O) groups excluding carboxylic acids is 1. The summed E-state index contributed by atoms with van der Waals surface area (Å²) >= 11 is 1.52. The molecule has 0 radical (unpaired) electrons. The van der Waals surface area contributed by atoms with Gasteiger partial charge >= 0.3 is 0 Å². The Bertz CT molecular complexity index is 677. The third-order valence-electron chi connectivity index (χ3n) is 4.77. The highest BCUT2D eigenvalue weighted by Gasteiger charge is 2.41. The van der Waals surface area contributed by atoms with Gasteiger partial charge in [-0.3, -0.25) is 4.79 Å². The minimum atomic E-state index is -0.665. The average molecular weight is 345 g/mol. The number of carbonyl (C=O) groups is 1. The number of rotatable bonds is 5. The lowest BCUT2D eigenvalue weighted by Gasteiger charge is -2.36. The van der Waals surface area contributed by atoms with Crippen LogP contribution in [0.25, 0.3) is 0 Å². The van der Waals surface area contributed by atoms with Gasteiger partial charge in [-0.05, 0) is 42.3 Å². The summed E-state index contributed by atoms with van der Waals surface area (Å²) in [5, 5.41) is 15.3. The van der Waals surface area contributed by atoms with Crippen molar-refractivity contribution in [2.45, 2.75) is 31.3 Å². The second kappa shape index (κ2) is 7.47. The van der Waals surface area contributed by atoms with Crippen LogP contribution in [0.15, 0.2) is 41.8 Å². The summed E-state index contributed by atoms with van der Waals surface area (Å²) in [5.41, 5.74) is 1.52. The third kappa shape index (κ3) is 3.38. The average Bonchev–Trinajstić information content (AvgIpc) is 3.06. The summed E-state index contributed by atoms with van der Waals surface area (Å²) < 4.78 is 5.47. The highest BCUT2D eigenvalue weighted by molar-refractivity contribution is 7.10. The standard InChI is InChI=1S/C19H23NO3S/c1-14-7-12-24-17(14)16(21)13-20-18(22)19(8-10-23-11-9-19)15-5-3-2-4-6-15/h2-7,12,16,21H,8-11,13H2,1H3,(H,20,22)/t16-/m0/s1. The molecule has 1 aliphatic heterocycles. The summed E-state index contributed by atoms with van der Waals surface area (Å²) in [6.45, 7) is 3.36. The Morgan fingerprint density at radius 1 is 1.29 bits per heavy atom. The maximum atomic E-state index is 13.0. The Morgan fingerprint density at radius 3 is 2.62 bits per heavy atom. The summed E-state index contributed by atoms with van der Waals surface area (Å²) in [4.78, 5) is 13.9. The van der Waals surface area contributed by atoms with Gasteiger partial charge in [0.05, 0.1) is 5.41 Å². The Morgan fingerprint density at radius 2 is 2.00 bits per heavy atom.